The van der Waals surface area contributed by atoms with Crippen LogP contribution in [0.3, 0.4) is 0 Å². The number of benzene rings is 2. The third-order valence-electron chi connectivity index (χ3n) is 4.22. The molecule has 0 fully saturated rings. The number of carboxylic acid groups (broad SMARTS) is 2. The van der Waals surface area contributed by atoms with E-state index in [0.717, 1.165) is 18.2 Å². The number of halogens is 2. The molecular formula is C20H14F2N2O6. The average Bonchev–Trinajstić information content (AvgIpc) is 2.67. The first-order valence-electron chi connectivity index (χ1n) is 8.38. The molecule has 3 rings (SSSR count). The molecule has 0 unspecified atom stereocenters. The molecule has 0 radical (unpaired) electrons. The molecule has 0 saturated heterocycles. The van der Waals surface area contributed by atoms with Gasteiger partial charge < -0.3 is 25.7 Å². The second-order valence-corrected chi connectivity index (χ2v) is 6.15. The van der Waals surface area contributed by atoms with Gasteiger partial charge in [0.05, 0.1) is 0 Å². The van der Waals surface area contributed by atoms with Crippen molar-refractivity contribution in [1.29, 1.82) is 0 Å². The third kappa shape index (κ3) is 3.97. The number of pyridine rings is 1. The lowest BCUT2D eigenvalue weighted by Crippen LogP contribution is -2.24. The Morgan fingerprint density at radius 1 is 1.00 bits per heavy atom. The van der Waals surface area contributed by atoms with E-state index < -0.39 is 46.1 Å². The summed E-state index contributed by atoms with van der Waals surface area (Å²) in [5.41, 5.74) is 2.89. The smallest absolute Gasteiger partial charge is 0.342 e. The molecule has 5 N–H and O–H groups in total. The Balaban J connectivity index is 1.98. The predicted octanol–water partition coefficient (Wildman–Crippen LogP) is 2.88. The number of anilines is 1. The fraction of sp³-hybridized carbons (Fsp3) is 0.0500. The SMILES string of the molecule is Nc1[nH]c(=O)c(C(=O)O)c(-c2ccc(OCc3cc(F)ccc3F)cc2)c1C(=O)O. The Bertz CT molecular complexity index is 1210. The number of aromatic amines is 1. The first-order chi connectivity index (χ1) is 14.2. The van der Waals surface area contributed by atoms with Crippen LogP contribution < -0.4 is 16.0 Å². The number of ether oxygens (including phenoxy) is 1. The fourth-order valence-electron chi connectivity index (χ4n) is 2.87. The van der Waals surface area contributed by atoms with Crippen LogP contribution in [0.4, 0.5) is 14.6 Å². The van der Waals surface area contributed by atoms with Crippen LogP contribution in [0.2, 0.25) is 0 Å². The van der Waals surface area contributed by atoms with Gasteiger partial charge in [-0.05, 0) is 35.9 Å². The summed E-state index contributed by atoms with van der Waals surface area (Å²) in [5.74, 6) is -4.70. The Morgan fingerprint density at radius 3 is 2.23 bits per heavy atom. The molecule has 0 aliphatic rings. The van der Waals surface area contributed by atoms with Crippen LogP contribution in [-0.4, -0.2) is 27.1 Å². The Morgan fingerprint density at radius 2 is 1.63 bits per heavy atom. The number of hydrogen-bond donors (Lipinski definition) is 4. The fourth-order valence-corrected chi connectivity index (χ4v) is 2.87. The van der Waals surface area contributed by atoms with Crippen molar-refractivity contribution in [2.75, 3.05) is 5.73 Å². The van der Waals surface area contributed by atoms with E-state index >= 15 is 0 Å². The van der Waals surface area contributed by atoms with Crippen LogP contribution in [0, 0.1) is 11.6 Å². The van der Waals surface area contributed by atoms with Gasteiger partial charge in [0.15, 0.2) is 0 Å². The van der Waals surface area contributed by atoms with Crippen molar-refractivity contribution in [3.8, 4) is 16.9 Å². The van der Waals surface area contributed by atoms with Crippen molar-refractivity contribution in [3.05, 3.63) is 81.1 Å². The molecule has 3 aromatic rings. The molecule has 0 aliphatic heterocycles. The summed E-state index contributed by atoms with van der Waals surface area (Å²) in [7, 11) is 0. The first-order valence-corrected chi connectivity index (χ1v) is 8.38. The highest BCUT2D eigenvalue weighted by atomic mass is 19.1. The quantitative estimate of drug-likeness (QED) is 0.484. The second kappa shape index (κ2) is 8.03. The maximum absolute atomic E-state index is 13.7. The molecule has 0 amide bonds. The van der Waals surface area contributed by atoms with E-state index in [2.05, 4.69) is 0 Å². The van der Waals surface area contributed by atoms with Crippen molar-refractivity contribution >= 4 is 17.8 Å². The van der Waals surface area contributed by atoms with Crippen molar-refractivity contribution in [1.82, 2.24) is 4.98 Å². The molecule has 2 aromatic carbocycles. The van der Waals surface area contributed by atoms with E-state index in [1.54, 1.807) is 0 Å². The maximum atomic E-state index is 13.7. The highest BCUT2D eigenvalue weighted by Crippen LogP contribution is 2.30. The summed E-state index contributed by atoms with van der Waals surface area (Å²) in [6, 6.07) is 8.30. The number of carbonyl (C=O) groups is 2. The number of carboxylic acids is 2. The second-order valence-electron chi connectivity index (χ2n) is 6.15. The molecular weight excluding hydrogens is 402 g/mol. The Kier molecular flexibility index (Phi) is 5.50. The van der Waals surface area contributed by atoms with E-state index in [1.165, 1.54) is 24.3 Å². The van der Waals surface area contributed by atoms with Crippen molar-refractivity contribution in [3.63, 3.8) is 0 Å². The van der Waals surface area contributed by atoms with Gasteiger partial charge in [0.2, 0.25) is 0 Å². The van der Waals surface area contributed by atoms with Gasteiger partial charge in [0, 0.05) is 11.1 Å². The predicted molar refractivity (Wildman–Crippen MR) is 102 cm³/mol. The topological polar surface area (TPSA) is 143 Å². The lowest BCUT2D eigenvalue weighted by atomic mass is 9.95. The zero-order valence-electron chi connectivity index (χ0n) is 15.1. The molecule has 0 spiro atoms. The van der Waals surface area contributed by atoms with E-state index in [9.17, 15) is 33.4 Å². The molecule has 0 bridgehead atoms. The molecule has 0 atom stereocenters. The highest BCUT2D eigenvalue weighted by molar-refractivity contribution is 6.07. The Hall–Kier alpha value is -4.21. The van der Waals surface area contributed by atoms with Crippen LogP contribution in [0.25, 0.3) is 11.1 Å². The van der Waals surface area contributed by atoms with Crippen molar-refractivity contribution < 1.29 is 33.3 Å². The number of nitrogens with one attached hydrogen (secondary N) is 1. The summed E-state index contributed by atoms with van der Waals surface area (Å²) in [5, 5.41) is 18.8. The number of nitrogens with two attached hydrogens (primary N) is 1. The Labute approximate surface area is 167 Å². The minimum Gasteiger partial charge on any atom is -0.489 e. The van der Waals surface area contributed by atoms with Gasteiger partial charge >= 0.3 is 11.9 Å². The van der Waals surface area contributed by atoms with Crippen molar-refractivity contribution in [2.45, 2.75) is 6.61 Å². The van der Waals surface area contributed by atoms with Gasteiger partial charge in [-0.3, -0.25) is 4.79 Å². The molecule has 10 heteroatoms. The molecule has 30 heavy (non-hydrogen) atoms. The summed E-state index contributed by atoms with van der Waals surface area (Å²) >= 11 is 0. The number of aromatic nitrogens is 1. The van der Waals surface area contributed by atoms with Crippen LogP contribution in [-0.2, 0) is 6.61 Å². The minimum absolute atomic E-state index is 0.0113. The van der Waals surface area contributed by atoms with Gasteiger partial charge in [0.25, 0.3) is 5.56 Å². The summed E-state index contributed by atoms with van der Waals surface area (Å²) in [6.45, 7) is -0.276. The number of nitrogen functional groups attached to an aromatic ring is 1. The van der Waals surface area contributed by atoms with Gasteiger partial charge in [-0.15, -0.1) is 0 Å². The van der Waals surface area contributed by atoms with Crippen LogP contribution in [0.15, 0.2) is 47.3 Å². The van der Waals surface area contributed by atoms with Gasteiger partial charge in [-0.25, -0.2) is 18.4 Å². The largest absolute Gasteiger partial charge is 0.489 e. The standard InChI is InChI=1S/C20H14F2N2O6/c21-11-3-6-13(22)10(7-11)8-30-12-4-1-9(2-5-12)14-15(19(26)27)17(23)24-18(25)16(14)20(28)29/h1-7H,8H2,(H,26,27)(H,28,29)(H3,23,24,25). The highest BCUT2D eigenvalue weighted by Gasteiger charge is 2.26. The van der Waals surface area contributed by atoms with E-state index in [1.807, 2.05) is 4.98 Å². The van der Waals surface area contributed by atoms with Crippen LogP contribution >= 0.6 is 0 Å². The minimum atomic E-state index is -1.63. The normalized spacial score (nSPS) is 10.6. The van der Waals surface area contributed by atoms with E-state index in [4.69, 9.17) is 10.5 Å². The molecule has 8 nitrogen and oxygen atoms in total. The van der Waals surface area contributed by atoms with E-state index in [0.29, 0.717) is 0 Å². The van der Waals surface area contributed by atoms with E-state index in [-0.39, 0.29) is 29.0 Å². The number of H-pyrrole nitrogens is 1. The zero-order valence-corrected chi connectivity index (χ0v) is 15.1. The number of hydrogen-bond acceptors (Lipinski definition) is 5. The van der Waals surface area contributed by atoms with Crippen LogP contribution in [0.5, 0.6) is 5.75 Å². The van der Waals surface area contributed by atoms with Gasteiger partial charge in [-0.2, -0.15) is 0 Å². The van der Waals surface area contributed by atoms with Crippen molar-refractivity contribution in [2.24, 2.45) is 0 Å². The van der Waals surface area contributed by atoms with Crippen LogP contribution in [0.1, 0.15) is 26.3 Å². The number of aromatic carboxylic acids is 2. The lowest BCUT2D eigenvalue weighted by molar-refractivity contribution is 0.0695. The van der Waals surface area contributed by atoms with Gasteiger partial charge in [0.1, 0.15) is 40.9 Å². The number of rotatable bonds is 6. The average molecular weight is 416 g/mol. The summed E-state index contributed by atoms with van der Waals surface area (Å²) in [4.78, 5) is 37.2. The zero-order chi connectivity index (χ0) is 22.0. The molecule has 1 heterocycles. The lowest BCUT2D eigenvalue weighted by Gasteiger charge is -2.13. The summed E-state index contributed by atoms with van der Waals surface area (Å²) < 4.78 is 32.3. The van der Waals surface area contributed by atoms with Gasteiger partial charge in [-0.1, -0.05) is 12.1 Å². The monoisotopic (exact) mass is 416 g/mol. The first kappa shape index (κ1) is 20.5. The molecule has 0 saturated carbocycles. The summed E-state index contributed by atoms with van der Waals surface area (Å²) in [6.07, 6.45) is 0. The maximum Gasteiger partial charge on any atom is 0.342 e. The molecule has 0 aliphatic carbocycles. The molecule has 154 valence electrons. The molecule has 1 aromatic heterocycles. The third-order valence-corrected chi connectivity index (χ3v) is 4.22.